The van der Waals surface area contributed by atoms with Gasteiger partial charge in [-0.2, -0.15) is 0 Å². The van der Waals surface area contributed by atoms with Crippen LogP contribution in [0, 0.1) is 17.8 Å². The van der Waals surface area contributed by atoms with Gasteiger partial charge in [-0.25, -0.2) is 0 Å². The zero-order chi connectivity index (χ0) is 20.8. The summed E-state index contributed by atoms with van der Waals surface area (Å²) in [5.41, 5.74) is 0. The van der Waals surface area contributed by atoms with Gasteiger partial charge in [-0.3, -0.25) is 14.7 Å². The number of hydrogen-bond donors (Lipinski definition) is 2. The maximum Gasteiger partial charge on any atom is 0.236 e. The molecule has 3 rings (SSSR count). The molecular formula is C22H42IN5O2. The molecule has 0 spiro atoms. The highest BCUT2D eigenvalue weighted by Crippen LogP contribution is 2.25. The van der Waals surface area contributed by atoms with Gasteiger partial charge in [0.25, 0.3) is 0 Å². The molecule has 0 aromatic heterocycles. The monoisotopic (exact) mass is 535 g/mol. The summed E-state index contributed by atoms with van der Waals surface area (Å²) in [5.74, 6) is 2.76. The zero-order valence-corrected chi connectivity index (χ0v) is 21.4. The Morgan fingerprint density at radius 1 is 1.07 bits per heavy atom. The van der Waals surface area contributed by atoms with Gasteiger partial charge in [-0.15, -0.1) is 24.0 Å². The Bertz CT molecular complexity index is 558. The number of aliphatic hydroxyl groups is 1. The van der Waals surface area contributed by atoms with E-state index in [9.17, 15) is 9.90 Å². The molecule has 2 aliphatic heterocycles. The first kappa shape index (κ1) is 25.6. The van der Waals surface area contributed by atoms with Gasteiger partial charge < -0.3 is 20.2 Å². The number of guanidine groups is 1. The highest BCUT2D eigenvalue weighted by molar-refractivity contribution is 14.0. The summed E-state index contributed by atoms with van der Waals surface area (Å²) in [6, 6.07) is 0. The van der Waals surface area contributed by atoms with Crippen molar-refractivity contribution in [2.24, 2.45) is 22.7 Å². The second-order valence-electron chi connectivity index (χ2n) is 9.46. The quantitative estimate of drug-likeness (QED) is 0.320. The molecule has 3 aliphatic rings. The van der Waals surface area contributed by atoms with Crippen LogP contribution in [0.1, 0.15) is 46.5 Å². The highest BCUT2D eigenvalue weighted by Gasteiger charge is 2.29. The van der Waals surface area contributed by atoms with E-state index in [4.69, 9.17) is 4.99 Å². The van der Waals surface area contributed by atoms with Crippen molar-refractivity contribution >= 4 is 35.8 Å². The third-order valence-corrected chi connectivity index (χ3v) is 6.68. The second-order valence-corrected chi connectivity index (χ2v) is 9.46. The van der Waals surface area contributed by atoms with Gasteiger partial charge in [-0.05, 0) is 38.0 Å². The molecule has 3 fully saturated rings. The van der Waals surface area contributed by atoms with Crippen LogP contribution < -0.4 is 5.32 Å². The first-order chi connectivity index (χ1) is 14.0. The van der Waals surface area contributed by atoms with Crippen LogP contribution in [0.25, 0.3) is 0 Å². The Labute approximate surface area is 199 Å². The molecule has 4 atom stereocenters. The summed E-state index contributed by atoms with van der Waals surface area (Å²) in [4.78, 5) is 24.3. The van der Waals surface area contributed by atoms with E-state index < -0.39 is 0 Å². The molecule has 2 heterocycles. The SMILES string of the molecule is CCNC(=NCC1CCCC1O)N1CCN(CC(=O)N2CC(C)CC(C)C2)CC1.I. The smallest absolute Gasteiger partial charge is 0.236 e. The number of halogens is 1. The van der Waals surface area contributed by atoms with Gasteiger partial charge >= 0.3 is 0 Å². The first-order valence-electron chi connectivity index (χ1n) is 11.7. The summed E-state index contributed by atoms with van der Waals surface area (Å²) in [5, 5.41) is 13.5. The van der Waals surface area contributed by atoms with Gasteiger partial charge in [0.2, 0.25) is 5.91 Å². The molecule has 1 aliphatic carbocycles. The topological polar surface area (TPSA) is 71.4 Å². The van der Waals surface area contributed by atoms with E-state index in [0.29, 0.717) is 30.8 Å². The van der Waals surface area contributed by atoms with E-state index in [1.165, 1.54) is 6.42 Å². The molecule has 1 saturated carbocycles. The number of piperazine rings is 1. The standard InChI is InChI=1S/C22H41N5O2.HI/c1-4-23-22(24-13-19-6-5-7-20(19)28)26-10-8-25(9-11-26)16-21(29)27-14-17(2)12-18(3)15-27;/h17-20,28H,4-16H2,1-3H3,(H,23,24);1H. The summed E-state index contributed by atoms with van der Waals surface area (Å²) in [6.07, 6.45) is 4.14. The van der Waals surface area contributed by atoms with Crippen molar-refractivity contribution in [1.29, 1.82) is 0 Å². The van der Waals surface area contributed by atoms with Crippen LogP contribution in [0.2, 0.25) is 0 Å². The number of piperidine rings is 1. The van der Waals surface area contributed by atoms with E-state index in [1.54, 1.807) is 0 Å². The van der Waals surface area contributed by atoms with E-state index in [2.05, 4.69) is 40.8 Å². The predicted octanol–water partition coefficient (Wildman–Crippen LogP) is 1.85. The molecule has 0 aromatic carbocycles. The third kappa shape index (κ3) is 7.22. The number of aliphatic hydroxyl groups excluding tert-OH is 1. The van der Waals surface area contributed by atoms with Crippen LogP contribution in [0.3, 0.4) is 0 Å². The van der Waals surface area contributed by atoms with Crippen LogP contribution in [-0.2, 0) is 4.79 Å². The maximum atomic E-state index is 12.8. The minimum Gasteiger partial charge on any atom is -0.393 e. The normalized spacial score (nSPS) is 30.9. The predicted molar refractivity (Wildman–Crippen MR) is 132 cm³/mol. The zero-order valence-electron chi connectivity index (χ0n) is 19.1. The summed E-state index contributed by atoms with van der Waals surface area (Å²) in [6.45, 7) is 14.1. The van der Waals surface area contributed by atoms with Gasteiger partial charge in [0, 0.05) is 58.3 Å². The molecule has 7 nitrogen and oxygen atoms in total. The number of nitrogens with zero attached hydrogens (tertiary/aromatic N) is 4. The van der Waals surface area contributed by atoms with Crippen LogP contribution in [0.5, 0.6) is 0 Å². The maximum absolute atomic E-state index is 12.8. The number of hydrogen-bond acceptors (Lipinski definition) is 4. The van der Waals surface area contributed by atoms with Gasteiger partial charge in [0.1, 0.15) is 0 Å². The lowest BCUT2D eigenvalue weighted by Crippen LogP contribution is -2.55. The molecule has 2 saturated heterocycles. The Morgan fingerprint density at radius 2 is 1.73 bits per heavy atom. The van der Waals surface area contributed by atoms with Crippen LogP contribution >= 0.6 is 24.0 Å². The summed E-state index contributed by atoms with van der Waals surface area (Å²) >= 11 is 0. The number of likely N-dealkylation sites (tertiary alicyclic amines) is 1. The van der Waals surface area contributed by atoms with E-state index >= 15 is 0 Å². The molecule has 1 amide bonds. The number of rotatable bonds is 5. The van der Waals surface area contributed by atoms with Gasteiger partial charge in [0.05, 0.1) is 12.6 Å². The largest absolute Gasteiger partial charge is 0.393 e. The average molecular weight is 536 g/mol. The number of amides is 1. The van der Waals surface area contributed by atoms with Crippen molar-refractivity contribution < 1.29 is 9.90 Å². The Hall–Kier alpha value is -0.610. The van der Waals surface area contributed by atoms with Crippen molar-refractivity contribution in [3.63, 3.8) is 0 Å². The van der Waals surface area contributed by atoms with Crippen molar-refractivity contribution in [3.05, 3.63) is 0 Å². The van der Waals surface area contributed by atoms with E-state index in [-0.39, 0.29) is 36.0 Å². The van der Waals surface area contributed by atoms with Crippen molar-refractivity contribution in [1.82, 2.24) is 20.0 Å². The number of carbonyl (C=O) groups is 1. The lowest BCUT2D eigenvalue weighted by molar-refractivity contribution is -0.135. The molecule has 2 N–H and O–H groups in total. The number of aliphatic imine (C=N–C) groups is 1. The molecule has 0 aromatic rings. The van der Waals surface area contributed by atoms with Crippen molar-refractivity contribution in [3.8, 4) is 0 Å². The summed E-state index contributed by atoms with van der Waals surface area (Å²) < 4.78 is 0. The molecule has 174 valence electrons. The first-order valence-corrected chi connectivity index (χ1v) is 11.7. The molecular weight excluding hydrogens is 493 g/mol. The minimum atomic E-state index is -0.190. The molecule has 4 unspecified atom stereocenters. The fraction of sp³-hybridized carbons (Fsp3) is 0.909. The van der Waals surface area contributed by atoms with Crippen LogP contribution in [0.15, 0.2) is 4.99 Å². The van der Waals surface area contributed by atoms with E-state index in [1.807, 2.05) is 0 Å². The lowest BCUT2D eigenvalue weighted by atomic mass is 9.92. The van der Waals surface area contributed by atoms with Gasteiger partial charge in [-0.1, -0.05) is 20.3 Å². The van der Waals surface area contributed by atoms with Crippen molar-refractivity contribution in [2.45, 2.75) is 52.6 Å². The van der Waals surface area contributed by atoms with Gasteiger partial charge in [0.15, 0.2) is 5.96 Å². The Kier molecular flexibility index (Phi) is 10.6. The van der Waals surface area contributed by atoms with Crippen LogP contribution in [-0.4, -0.2) is 96.7 Å². The fourth-order valence-electron chi connectivity index (χ4n) is 5.14. The third-order valence-electron chi connectivity index (χ3n) is 6.68. The number of carbonyl (C=O) groups excluding carboxylic acids is 1. The average Bonchev–Trinajstić information content (AvgIpc) is 3.10. The molecule has 0 radical (unpaired) electrons. The Morgan fingerprint density at radius 3 is 2.30 bits per heavy atom. The lowest BCUT2D eigenvalue weighted by Gasteiger charge is -2.39. The van der Waals surface area contributed by atoms with Crippen molar-refractivity contribution in [2.75, 3.05) is 58.9 Å². The Balaban J connectivity index is 0.00000320. The highest BCUT2D eigenvalue weighted by atomic mass is 127. The summed E-state index contributed by atoms with van der Waals surface area (Å²) in [7, 11) is 0. The fourth-order valence-corrected chi connectivity index (χ4v) is 5.14. The molecule has 30 heavy (non-hydrogen) atoms. The molecule has 0 bridgehead atoms. The second kappa shape index (κ2) is 12.4. The molecule has 8 heteroatoms. The minimum absolute atomic E-state index is 0. The van der Waals surface area contributed by atoms with E-state index in [0.717, 1.165) is 71.0 Å². The van der Waals surface area contributed by atoms with Crippen LogP contribution in [0.4, 0.5) is 0 Å². The number of nitrogens with one attached hydrogen (secondary N) is 1.